The molecule has 1 aliphatic rings. The molecular weight excluding hydrogens is 352 g/mol. The van der Waals surface area contributed by atoms with E-state index < -0.39 is 0 Å². The predicted molar refractivity (Wildman–Crippen MR) is 107 cm³/mol. The lowest BCUT2D eigenvalue weighted by atomic mass is 9.93. The molecule has 2 aromatic heterocycles. The van der Waals surface area contributed by atoms with E-state index in [0.717, 1.165) is 55.9 Å². The molecule has 28 heavy (non-hydrogen) atoms. The summed E-state index contributed by atoms with van der Waals surface area (Å²) in [6.07, 6.45) is 6.97. The Labute approximate surface area is 164 Å². The lowest BCUT2D eigenvalue weighted by molar-refractivity contribution is 0.181. The highest BCUT2D eigenvalue weighted by Gasteiger charge is 2.25. The summed E-state index contributed by atoms with van der Waals surface area (Å²) in [6.45, 7) is 2.14. The van der Waals surface area contributed by atoms with Crippen molar-refractivity contribution in [2.75, 3.05) is 19.6 Å². The van der Waals surface area contributed by atoms with Crippen LogP contribution in [0.25, 0.3) is 0 Å². The van der Waals surface area contributed by atoms with E-state index >= 15 is 0 Å². The SMILES string of the molecule is O=C(NCCc1cnc[nH]1)N1CCC(c2cc(Cc3ccccc3)[nH]n2)CC1. The fraction of sp³-hybridized carbons (Fsp3) is 0.381. The minimum atomic E-state index is 0.0183. The monoisotopic (exact) mass is 378 g/mol. The number of likely N-dealkylation sites (tertiary alicyclic amines) is 1. The zero-order valence-electron chi connectivity index (χ0n) is 15.9. The number of aromatic amines is 2. The normalized spacial score (nSPS) is 14.9. The quantitative estimate of drug-likeness (QED) is 0.616. The molecule has 2 amide bonds. The first-order chi connectivity index (χ1) is 13.8. The van der Waals surface area contributed by atoms with Gasteiger partial charge in [0, 0.05) is 56.0 Å². The molecule has 3 aromatic rings. The maximum Gasteiger partial charge on any atom is 0.317 e. The third kappa shape index (κ3) is 4.60. The van der Waals surface area contributed by atoms with Crippen molar-refractivity contribution in [3.05, 3.63) is 71.6 Å². The Balaban J connectivity index is 1.23. The fourth-order valence-electron chi connectivity index (χ4n) is 3.71. The van der Waals surface area contributed by atoms with Gasteiger partial charge in [0.1, 0.15) is 0 Å². The summed E-state index contributed by atoms with van der Waals surface area (Å²) in [6, 6.07) is 12.6. The molecule has 7 heteroatoms. The summed E-state index contributed by atoms with van der Waals surface area (Å²) in [5.74, 6) is 0.412. The van der Waals surface area contributed by atoms with Gasteiger partial charge in [0.15, 0.2) is 0 Å². The molecular formula is C21H26N6O. The van der Waals surface area contributed by atoms with Gasteiger partial charge in [0.2, 0.25) is 0 Å². The number of aromatic nitrogens is 4. The summed E-state index contributed by atoms with van der Waals surface area (Å²) in [5, 5.41) is 10.7. The van der Waals surface area contributed by atoms with E-state index in [1.54, 1.807) is 12.5 Å². The van der Waals surface area contributed by atoms with E-state index in [4.69, 9.17) is 0 Å². The first-order valence-corrected chi connectivity index (χ1v) is 9.86. The summed E-state index contributed by atoms with van der Waals surface area (Å²) in [5.41, 5.74) is 4.56. The van der Waals surface area contributed by atoms with Gasteiger partial charge in [-0.3, -0.25) is 5.10 Å². The smallest absolute Gasteiger partial charge is 0.317 e. The second-order valence-electron chi connectivity index (χ2n) is 7.30. The van der Waals surface area contributed by atoms with Gasteiger partial charge in [0.25, 0.3) is 0 Å². The van der Waals surface area contributed by atoms with Crippen LogP contribution in [0.2, 0.25) is 0 Å². The van der Waals surface area contributed by atoms with Crippen LogP contribution in [0.4, 0.5) is 4.79 Å². The first-order valence-electron chi connectivity index (χ1n) is 9.86. The number of carbonyl (C=O) groups excluding carboxylic acids is 1. The number of carbonyl (C=O) groups is 1. The number of amides is 2. The Hall–Kier alpha value is -3.09. The molecule has 4 rings (SSSR count). The predicted octanol–water partition coefficient (Wildman–Crippen LogP) is 2.86. The van der Waals surface area contributed by atoms with Gasteiger partial charge in [-0.15, -0.1) is 0 Å². The van der Waals surface area contributed by atoms with Crippen molar-refractivity contribution in [2.24, 2.45) is 0 Å². The molecule has 0 saturated carbocycles. The summed E-state index contributed by atoms with van der Waals surface area (Å²) < 4.78 is 0. The zero-order valence-corrected chi connectivity index (χ0v) is 15.9. The highest BCUT2D eigenvalue weighted by Crippen LogP contribution is 2.27. The minimum absolute atomic E-state index is 0.0183. The molecule has 0 spiro atoms. The third-order valence-corrected chi connectivity index (χ3v) is 5.31. The van der Waals surface area contributed by atoms with Crippen LogP contribution in [0.3, 0.4) is 0 Å². The van der Waals surface area contributed by atoms with Crippen molar-refractivity contribution in [1.82, 2.24) is 30.4 Å². The fourth-order valence-corrected chi connectivity index (χ4v) is 3.71. The van der Waals surface area contributed by atoms with Crippen molar-refractivity contribution < 1.29 is 4.79 Å². The summed E-state index contributed by atoms with van der Waals surface area (Å²) in [7, 11) is 0. The van der Waals surface area contributed by atoms with Crippen LogP contribution in [0.5, 0.6) is 0 Å². The molecule has 0 aliphatic carbocycles. The minimum Gasteiger partial charge on any atom is -0.348 e. The molecule has 1 saturated heterocycles. The number of nitrogens with zero attached hydrogens (tertiary/aromatic N) is 3. The Kier molecular flexibility index (Phi) is 5.70. The number of urea groups is 1. The van der Waals surface area contributed by atoms with E-state index in [2.05, 4.69) is 55.8 Å². The van der Waals surface area contributed by atoms with E-state index in [1.807, 2.05) is 11.0 Å². The highest BCUT2D eigenvalue weighted by atomic mass is 16.2. The average Bonchev–Trinajstić information content (AvgIpc) is 3.41. The van der Waals surface area contributed by atoms with Gasteiger partial charge in [-0.1, -0.05) is 30.3 Å². The number of piperidine rings is 1. The third-order valence-electron chi connectivity index (χ3n) is 5.31. The van der Waals surface area contributed by atoms with Crippen LogP contribution in [0.15, 0.2) is 48.9 Å². The number of hydrogen-bond acceptors (Lipinski definition) is 3. The molecule has 1 aliphatic heterocycles. The van der Waals surface area contributed by atoms with Gasteiger partial charge in [-0.05, 0) is 24.5 Å². The molecule has 1 fully saturated rings. The molecule has 3 heterocycles. The first kappa shape index (κ1) is 18.3. The van der Waals surface area contributed by atoms with Crippen LogP contribution < -0.4 is 5.32 Å². The molecule has 146 valence electrons. The van der Waals surface area contributed by atoms with Crippen LogP contribution in [-0.4, -0.2) is 50.7 Å². The molecule has 0 radical (unpaired) electrons. The van der Waals surface area contributed by atoms with Crippen molar-refractivity contribution in [1.29, 1.82) is 0 Å². The Morgan fingerprint density at radius 3 is 2.75 bits per heavy atom. The van der Waals surface area contributed by atoms with Crippen LogP contribution in [0, 0.1) is 0 Å². The topological polar surface area (TPSA) is 89.7 Å². The molecule has 7 nitrogen and oxygen atoms in total. The standard InChI is InChI=1S/C21H26N6O/c28-21(23-9-6-18-14-22-15-24-18)27-10-7-17(8-11-27)20-13-19(25-26-20)12-16-4-2-1-3-5-16/h1-5,13-15,17H,6-12H2,(H,22,24)(H,23,28)(H,25,26). The van der Waals surface area contributed by atoms with E-state index in [-0.39, 0.29) is 6.03 Å². The largest absolute Gasteiger partial charge is 0.348 e. The maximum atomic E-state index is 12.3. The van der Waals surface area contributed by atoms with Gasteiger partial charge in [0.05, 0.1) is 12.0 Å². The second kappa shape index (κ2) is 8.73. The van der Waals surface area contributed by atoms with Crippen LogP contribution >= 0.6 is 0 Å². The molecule has 0 unspecified atom stereocenters. The van der Waals surface area contributed by atoms with Crippen LogP contribution in [0.1, 0.15) is 41.4 Å². The van der Waals surface area contributed by atoms with Crippen molar-refractivity contribution >= 4 is 6.03 Å². The molecule has 0 atom stereocenters. The van der Waals surface area contributed by atoms with Gasteiger partial charge in [-0.2, -0.15) is 5.10 Å². The van der Waals surface area contributed by atoms with E-state index in [9.17, 15) is 4.79 Å². The number of nitrogens with one attached hydrogen (secondary N) is 3. The number of rotatable bonds is 6. The van der Waals surface area contributed by atoms with Crippen molar-refractivity contribution in [2.45, 2.75) is 31.6 Å². The van der Waals surface area contributed by atoms with E-state index in [1.165, 1.54) is 5.56 Å². The number of H-pyrrole nitrogens is 2. The summed E-state index contributed by atoms with van der Waals surface area (Å²) >= 11 is 0. The highest BCUT2D eigenvalue weighted by molar-refractivity contribution is 5.74. The van der Waals surface area contributed by atoms with Crippen LogP contribution in [-0.2, 0) is 12.8 Å². The second-order valence-corrected chi connectivity index (χ2v) is 7.30. The Bertz CT molecular complexity index is 865. The lowest BCUT2D eigenvalue weighted by Crippen LogP contribution is -2.44. The number of benzene rings is 1. The average molecular weight is 378 g/mol. The van der Waals surface area contributed by atoms with Crippen molar-refractivity contribution in [3.63, 3.8) is 0 Å². The maximum absolute atomic E-state index is 12.3. The van der Waals surface area contributed by atoms with Gasteiger partial charge in [-0.25, -0.2) is 9.78 Å². The Morgan fingerprint density at radius 1 is 1.18 bits per heavy atom. The van der Waals surface area contributed by atoms with Crippen molar-refractivity contribution in [3.8, 4) is 0 Å². The Morgan fingerprint density at radius 2 is 2.00 bits per heavy atom. The van der Waals surface area contributed by atoms with Gasteiger partial charge < -0.3 is 15.2 Å². The molecule has 1 aromatic carbocycles. The number of imidazole rings is 1. The van der Waals surface area contributed by atoms with Gasteiger partial charge >= 0.3 is 6.03 Å². The molecule has 0 bridgehead atoms. The van der Waals surface area contributed by atoms with E-state index in [0.29, 0.717) is 12.5 Å². The molecule has 3 N–H and O–H groups in total. The summed E-state index contributed by atoms with van der Waals surface area (Å²) in [4.78, 5) is 21.3. The lowest BCUT2D eigenvalue weighted by Gasteiger charge is -2.31. The number of hydrogen-bond donors (Lipinski definition) is 3. The zero-order chi connectivity index (χ0) is 19.2.